The van der Waals surface area contributed by atoms with E-state index in [0.717, 1.165) is 64.2 Å². The van der Waals surface area contributed by atoms with Crippen LogP contribution in [-0.2, 0) is 28.6 Å². The van der Waals surface area contributed by atoms with Gasteiger partial charge in [-0.1, -0.05) is 176 Å². The van der Waals surface area contributed by atoms with Crippen molar-refractivity contribution < 1.29 is 28.6 Å². The van der Waals surface area contributed by atoms with Crippen LogP contribution in [0.15, 0.2) is 85.1 Å². The molecule has 51 heavy (non-hydrogen) atoms. The molecule has 0 N–H and O–H groups in total. The van der Waals surface area contributed by atoms with Crippen molar-refractivity contribution in [2.45, 2.75) is 168 Å². The van der Waals surface area contributed by atoms with Crippen molar-refractivity contribution in [2.24, 2.45) is 0 Å². The molecule has 0 spiro atoms. The predicted molar refractivity (Wildman–Crippen MR) is 214 cm³/mol. The van der Waals surface area contributed by atoms with E-state index in [0.29, 0.717) is 12.8 Å². The molecule has 6 nitrogen and oxygen atoms in total. The number of unbranched alkanes of at least 4 members (excludes halogenated alkanes) is 14. The second kappa shape index (κ2) is 39.4. The Labute approximate surface area is 312 Å². The first-order chi connectivity index (χ1) is 25.0. The molecule has 288 valence electrons. The summed E-state index contributed by atoms with van der Waals surface area (Å²) < 4.78 is 16.5. The zero-order valence-corrected chi connectivity index (χ0v) is 32.6. The van der Waals surface area contributed by atoms with Crippen LogP contribution in [0.3, 0.4) is 0 Å². The molecular weight excluding hydrogens is 636 g/mol. The third-order valence-electron chi connectivity index (χ3n) is 8.04. The van der Waals surface area contributed by atoms with E-state index in [1.807, 2.05) is 54.7 Å². The Kier molecular flexibility index (Phi) is 36.7. The Morgan fingerprint density at radius 2 is 0.804 bits per heavy atom. The van der Waals surface area contributed by atoms with Gasteiger partial charge in [-0.15, -0.1) is 0 Å². The summed E-state index contributed by atoms with van der Waals surface area (Å²) in [4.78, 5) is 37.5. The van der Waals surface area contributed by atoms with Crippen molar-refractivity contribution in [3.05, 3.63) is 85.1 Å². The van der Waals surface area contributed by atoms with Gasteiger partial charge in [0.25, 0.3) is 0 Å². The molecule has 0 aliphatic heterocycles. The first-order valence-electron chi connectivity index (χ1n) is 20.2. The maximum atomic E-state index is 12.6. The van der Waals surface area contributed by atoms with E-state index in [-0.39, 0.29) is 44.0 Å². The summed E-state index contributed by atoms with van der Waals surface area (Å²) in [6.07, 6.45) is 48.6. The number of hydrogen-bond acceptors (Lipinski definition) is 6. The van der Waals surface area contributed by atoms with Crippen LogP contribution in [0.2, 0.25) is 0 Å². The van der Waals surface area contributed by atoms with Gasteiger partial charge in [0, 0.05) is 19.3 Å². The highest BCUT2D eigenvalue weighted by molar-refractivity contribution is 5.71. The summed E-state index contributed by atoms with van der Waals surface area (Å²) in [5, 5.41) is 0. The van der Waals surface area contributed by atoms with Gasteiger partial charge >= 0.3 is 17.9 Å². The maximum absolute atomic E-state index is 12.6. The lowest BCUT2D eigenvalue weighted by Crippen LogP contribution is -2.30. The van der Waals surface area contributed by atoms with E-state index in [2.05, 4.69) is 51.2 Å². The minimum Gasteiger partial charge on any atom is -0.462 e. The standard InChI is InChI=1S/C45H72O6/c1-4-7-10-13-16-19-21-22-24-26-29-32-35-38-44(47)50-41-42(40-49-43(46)37-34-31-28-25-18-15-12-9-6-3)51-45(48)39-36-33-30-27-23-20-17-14-11-8-5-2/h7,10,13-14,16-17,19-24,26,29,42H,4-6,8-9,11-12,15,18,25,27-28,30-41H2,1-3H3/b10-7-,16-13-,17-14-,21-19-,23-20-,24-22-,29-26-. The molecule has 0 fully saturated rings. The van der Waals surface area contributed by atoms with Gasteiger partial charge in [-0.05, 0) is 51.4 Å². The Morgan fingerprint density at radius 3 is 1.35 bits per heavy atom. The fourth-order valence-corrected chi connectivity index (χ4v) is 4.98. The Bertz CT molecular complexity index is 1040. The van der Waals surface area contributed by atoms with Crippen molar-refractivity contribution in [3.8, 4) is 0 Å². The van der Waals surface area contributed by atoms with Gasteiger partial charge in [-0.3, -0.25) is 14.4 Å². The van der Waals surface area contributed by atoms with Gasteiger partial charge in [0.05, 0.1) is 0 Å². The van der Waals surface area contributed by atoms with E-state index in [9.17, 15) is 14.4 Å². The molecule has 1 atom stereocenters. The molecule has 0 radical (unpaired) electrons. The largest absolute Gasteiger partial charge is 0.462 e. The smallest absolute Gasteiger partial charge is 0.306 e. The Morgan fingerprint density at radius 1 is 0.412 bits per heavy atom. The number of esters is 3. The van der Waals surface area contributed by atoms with Gasteiger partial charge in [0.15, 0.2) is 6.10 Å². The highest BCUT2D eigenvalue weighted by Crippen LogP contribution is 2.12. The van der Waals surface area contributed by atoms with Crippen LogP contribution < -0.4 is 0 Å². The van der Waals surface area contributed by atoms with Gasteiger partial charge in [-0.2, -0.15) is 0 Å². The van der Waals surface area contributed by atoms with Crippen molar-refractivity contribution in [3.63, 3.8) is 0 Å². The number of carbonyl (C=O) groups excluding carboxylic acids is 3. The minimum atomic E-state index is -0.813. The fourth-order valence-electron chi connectivity index (χ4n) is 4.98. The number of hydrogen-bond donors (Lipinski definition) is 0. The zero-order chi connectivity index (χ0) is 37.3. The molecule has 0 heterocycles. The van der Waals surface area contributed by atoms with Crippen LogP contribution in [0.4, 0.5) is 0 Å². The van der Waals surface area contributed by atoms with E-state index < -0.39 is 6.10 Å². The molecule has 0 rings (SSSR count). The van der Waals surface area contributed by atoms with Crippen LogP contribution in [0.25, 0.3) is 0 Å². The van der Waals surface area contributed by atoms with Gasteiger partial charge in [0.1, 0.15) is 13.2 Å². The van der Waals surface area contributed by atoms with Crippen LogP contribution in [0.1, 0.15) is 162 Å². The highest BCUT2D eigenvalue weighted by atomic mass is 16.6. The fraction of sp³-hybridized carbons (Fsp3) is 0.622. The van der Waals surface area contributed by atoms with Crippen molar-refractivity contribution in [2.75, 3.05) is 13.2 Å². The third kappa shape index (κ3) is 37.7. The first kappa shape index (κ1) is 47.6. The monoisotopic (exact) mass is 709 g/mol. The van der Waals surface area contributed by atoms with Gasteiger partial charge in [0.2, 0.25) is 0 Å². The predicted octanol–water partition coefficient (Wildman–Crippen LogP) is 12.5. The molecule has 0 saturated heterocycles. The molecule has 0 saturated carbocycles. The molecule has 0 aliphatic carbocycles. The van der Waals surface area contributed by atoms with Crippen molar-refractivity contribution in [1.29, 1.82) is 0 Å². The summed E-state index contributed by atoms with van der Waals surface area (Å²) in [5.74, 6) is -1.03. The topological polar surface area (TPSA) is 78.9 Å². The molecule has 0 aliphatic rings. The molecule has 0 aromatic rings. The van der Waals surface area contributed by atoms with E-state index in [1.54, 1.807) is 0 Å². The molecular formula is C45H72O6. The summed E-state index contributed by atoms with van der Waals surface area (Å²) in [7, 11) is 0. The number of carbonyl (C=O) groups is 3. The van der Waals surface area contributed by atoms with Crippen molar-refractivity contribution in [1.82, 2.24) is 0 Å². The van der Waals surface area contributed by atoms with Crippen LogP contribution in [-0.4, -0.2) is 37.2 Å². The van der Waals surface area contributed by atoms with Crippen LogP contribution in [0, 0.1) is 0 Å². The maximum Gasteiger partial charge on any atom is 0.306 e. The summed E-state index contributed by atoms with van der Waals surface area (Å²) >= 11 is 0. The Hall–Kier alpha value is -3.41. The van der Waals surface area contributed by atoms with Crippen LogP contribution in [0.5, 0.6) is 0 Å². The summed E-state index contributed by atoms with van der Waals surface area (Å²) in [5.41, 5.74) is 0. The zero-order valence-electron chi connectivity index (χ0n) is 32.6. The molecule has 1 unspecified atom stereocenters. The third-order valence-corrected chi connectivity index (χ3v) is 8.04. The van der Waals surface area contributed by atoms with E-state index in [4.69, 9.17) is 14.2 Å². The van der Waals surface area contributed by atoms with E-state index in [1.165, 1.54) is 51.4 Å². The minimum absolute atomic E-state index is 0.111. The average molecular weight is 709 g/mol. The average Bonchev–Trinajstić information content (AvgIpc) is 3.12. The van der Waals surface area contributed by atoms with E-state index >= 15 is 0 Å². The molecule has 0 amide bonds. The number of rotatable bonds is 34. The van der Waals surface area contributed by atoms with Gasteiger partial charge < -0.3 is 14.2 Å². The SMILES string of the molecule is CC\C=C/C=C\C=C/C=C\C=C/CCCC(=O)OCC(COC(=O)CCCCCCCCCCC)OC(=O)CCCCC/C=C\C=C/CCCC. The normalized spacial score (nSPS) is 12.9. The lowest BCUT2D eigenvalue weighted by Gasteiger charge is -2.18. The first-order valence-corrected chi connectivity index (χ1v) is 20.2. The number of ether oxygens (including phenoxy) is 3. The quantitative estimate of drug-likeness (QED) is 0.0286. The lowest BCUT2D eigenvalue weighted by atomic mass is 10.1. The molecule has 6 heteroatoms. The second-order valence-corrected chi connectivity index (χ2v) is 13.0. The lowest BCUT2D eigenvalue weighted by molar-refractivity contribution is -0.167. The van der Waals surface area contributed by atoms with Crippen molar-refractivity contribution >= 4 is 17.9 Å². The van der Waals surface area contributed by atoms with Gasteiger partial charge in [-0.25, -0.2) is 0 Å². The molecule has 0 aromatic carbocycles. The Balaban J connectivity index is 4.57. The molecule has 0 aromatic heterocycles. The van der Waals surface area contributed by atoms with Crippen LogP contribution >= 0.6 is 0 Å². The number of allylic oxidation sites excluding steroid dienone is 14. The molecule has 0 bridgehead atoms. The summed E-state index contributed by atoms with van der Waals surface area (Å²) in [6, 6.07) is 0. The highest BCUT2D eigenvalue weighted by Gasteiger charge is 2.19. The second-order valence-electron chi connectivity index (χ2n) is 13.0. The summed E-state index contributed by atoms with van der Waals surface area (Å²) in [6.45, 7) is 6.29.